The van der Waals surface area contributed by atoms with Gasteiger partial charge in [-0.15, -0.1) is 0 Å². The molecule has 0 N–H and O–H groups in total. The molecule has 4 heteroatoms. The first-order valence-electron chi connectivity index (χ1n) is 7.54. The molecule has 0 radical (unpaired) electrons. The highest BCUT2D eigenvalue weighted by Crippen LogP contribution is 2.43. The first-order chi connectivity index (χ1) is 11.1. The Hall–Kier alpha value is -0.760. The molecule has 2 aromatic carbocycles. The molecule has 0 aliphatic carbocycles. The number of hydrogen-bond donors (Lipinski definition) is 0. The van der Waals surface area contributed by atoms with Crippen LogP contribution in [0, 0.1) is 5.92 Å². The number of carbonyl (C=O) groups excluding carboxylic acids is 2. The molecule has 0 aliphatic rings. The molecule has 23 heavy (non-hydrogen) atoms. The summed E-state index contributed by atoms with van der Waals surface area (Å²) in [4.78, 5) is 24.4. The molecule has 0 heterocycles. The third-order valence-electron chi connectivity index (χ3n) is 4.13. The summed E-state index contributed by atoms with van der Waals surface area (Å²) in [5, 5.41) is 0. The van der Waals surface area contributed by atoms with E-state index in [9.17, 15) is 9.59 Å². The Morgan fingerprint density at radius 1 is 0.826 bits per heavy atom. The molecular formula is C19H18I2O2. The Labute approximate surface area is 164 Å². The van der Waals surface area contributed by atoms with Crippen LogP contribution in [-0.4, -0.2) is 7.58 Å². The Bertz CT molecular complexity index is 642. The van der Waals surface area contributed by atoms with Gasteiger partial charge in [0.25, 0.3) is 0 Å². The van der Waals surface area contributed by atoms with Crippen molar-refractivity contribution in [3.8, 4) is 0 Å². The minimum absolute atomic E-state index is 0.0924. The first-order valence-corrected chi connectivity index (χ1v) is 9.70. The van der Waals surface area contributed by atoms with E-state index in [-0.39, 0.29) is 19.4 Å². The van der Waals surface area contributed by atoms with Crippen LogP contribution in [0.4, 0.5) is 0 Å². The van der Waals surface area contributed by atoms with Crippen molar-refractivity contribution in [3.05, 3.63) is 71.8 Å². The second-order valence-corrected chi connectivity index (χ2v) is 7.57. The Morgan fingerprint density at radius 2 is 1.26 bits per heavy atom. The minimum Gasteiger partial charge on any atom is -0.287 e. The average molecular weight is 532 g/mol. The molecule has 120 valence electrons. The molecule has 2 unspecified atom stereocenters. The SMILES string of the molecule is CCC(c1ccccc1)C(c1ccccc1)C(C(=O)I)C(=O)I. The summed E-state index contributed by atoms with van der Waals surface area (Å²) in [5.41, 5.74) is 2.22. The third kappa shape index (κ3) is 4.62. The number of benzene rings is 2. The van der Waals surface area contributed by atoms with E-state index in [1.807, 2.05) is 48.5 Å². The standard InChI is InChI=1S/C19H18I2O2/c1-2-15(13-9-5-3-6-10-13)16(14-11-7-4-8-12-14)17(18(20)22)19(21)23/h3-12,15-17H,2H2,1H3. The van der Waals surface area contributed by atoms with Crippen LogP contribution in [0.15, 0.2) is 60.7 Å². The lowest BCUT2D eigenvalue weighted by Gasteiger charge is -2.31. The largest absolute Gasteiger partial charge is 0.287 e. The molecule has 0 bridgehead atoms. The number of carbonyl (C=O) groups is 2. The zero-order valence-electron chi connectivity index (χ0n) is 12.8. The maximum Gasteiger partial charge on any atom is 0.204 e. The maximum atomic E-state index is 12.2. The fourth-order valence-electron chi connectivity index (χ4n) is 3.10. The molecule has 2 rings (SSSR count). The van der Waals surface area contributed by atoms with Gasteiger partial charge < -0.3 is 0 Å². The zero-order valence-corrected chi connectivity index (χ0v) is 17.1. The van der Waals surface area contributed by atoms with Gasteiger partial charge in [-0.05, 0) is 23.5 Å². The molecule has 0 spiro atoms. The molecule has 0 fully saturated rings. The maximum absolute atomic E-state index is 12.2. The van der Waals surface area contributed by atoms with Crippen LogP contribution in [-0.2, 0) is 9.59 Å². The summed E-state index contributed by atoms with van der Waals surface area (Å²) in [6, 6.07) is 20.1. The van der Waals surface area contributed by atoms with Crippen LogP contribution in [0.5, 0.6) is 0 Å². The highest BCUT2D eigenvalue weighted by Gasteiger charge is 2.38. The number of halogens is 2. The zero-order chi connectivity index (χ0) is 16.8. The fraction of sp³-hybridized carbons (Fsp3) is 0.263. The summed E-state index contributed by atoms with van der Waals surface area (Å²) >= 11 is 3.53. The van der Waals surface area contributed by atoms with Crippen molar-refractivity contribution < 1.29 is 9.59 Å². The van der Waals surface area contributed by atoms with Gasteiger partial charge in [0, 0.05) is 51.1 Å². The van der Waals surface area contributed by atoms with Gasteiger partial charge in [-0.25, -0.2) is 0 Å². The van der Waals surface area contributed by atoms with Gasteiger partial charge in [-0.1, -0.05) is 67.6 Å². The van der Waals surface area contributed by atoms with Gasteiger partial charge in [0.15, 0.2) is 0 Å². The van der Waals surface area contributed by atoms with E-state index in [0.29, 0.717) is 0 Å². The third-order valence-corrected chi connectivity index (χ3v) is 5.48. The summed E-state index contributed by atoms with van der Waals surface area (Å²) in [7, 11) is 0. The van der Waals surface area contributed by atoms with E-state index < -0.39 is 5.92 Å². The van der Waals surface area contributed by atoms with Gasteiger partial charge in [0.1, 0.15) is 5.92 Å². The summed E-state index contributed by atoms with van der Waals surface area (Å²) in [6.45, 7) is 2.11. The normalized spacial score (nSPS) is 13.6. The molecule has 2 aromatic rings. The van der Waals surface area contributed by atoms with Gasteiger partial charge in [0.05, 0.1) is 0 Å². The molecule has 2 atom stereocenters. The summed E-state index contributed by atoms with van der Waals surface area (Å²) < 4.78 is -0.185. The first kappa shape index (κ1) is 18.6. The van der Waals surface area contributed by atoms with Crippen molar-refractivity contribution in [1.29, 1.82) is 0 Å². The molecular weight excluding hydrogens is 514 g/mol. The fourth-order valence-corrected chi connectivity index (χ4v) is 5.04. The van der Waals surface area contributed by atoms with Crippen molar-refractivity contribution in [1.82, 2.24) is 0 Å². The van der Waals surface area contributed by atoms with Crippen molar-refractivity contribution in [2.24, 2.45) is 5.92 Å². The van der Waals surface area contributed by atoms with E-state index in [2.05, 4.69) is 19.1 Å². The van der Waals surface area contributed by atoms with Crippen molar-refractivity contribution in [2.45, 2.75) is 25.2 Å². The van der Waals surface area contributed by atoms with Crippen LogP contribution in [0.2, 0.25) is 0 Å². The second kappa shape index (κ2) is 8.92. The van der Waals surface area contributed by atoms with E-state index in [1.165, 1.54) is 5.56 Å². The van der Waals surface area contributed by atoms with Crippen LogP contribution < -0.4 is 0 Å². The molecule has 2 nitrogen and oxygen atoms in total. The van der Waals surface area contributed by atoms with Crippen LogP contribution >= 0.6 is 45.2 Å². The van der Waals surface area contributed by atoms with Crippen LogP contribution in [0.1, 0.15) is 36.3 Å². The van der Waals surface area contributed by atoms with E-state index >= 15 is 0 Å². The topological polar surface area (TPSA) is 34.1 Å². The smallest absolute Gasteiger partial charge is 0.204 e. The quantitative estimate of drug-likeness (QED) is 0.268. The van der Waals surface area contributed by atoms with E-state index in [0.717, 1.165) is 12.0 Å². The monoisotopic (exact) mass is 532 g/mol. The average Bonchev–Trinajstić information content (AvgIpc) is 2.55. The second-order valence-electron chi connectivity index (χ2n) is 5.45. The van der Waals surface area contributed by atoms with E-state index in [1.54, 1.807) is 45.2 Å². The highest BCUT2D eigenvalue weighted by molar-refractivity contribution is 14.1. The van der Waals surface area contributed by atoms with Crippen molar-refractivity contribution in [3.63, 3.8) is 0 Å². The molecule has 0 saturated heterocycles. The molecule has 0 aromatic heterocycles. The Balaban J connectivity index is 2.56. The molecule has 0 amide bonds. The summed E-state index contributed by atoms with van der Waals surface area (Å²) in [5.74, 6) is -0.637. The predicted molar refractivity (Wildman–Crippen MR) is 110 cm³/mol. The number of hydrogen-bond acceptors (Lipinski definition) is 2. The lowest BCUT2D eigenvalue weighted by molar-refractivity contribution is -0.122. The predicted octanol–water partition coefficient (Wildman–Crippen LogP) is 5.50. The Kier molecular flexibility index (Phi) is 7.20. The van der Waals surface area contributed by atoms with Crippen LogP contribution in [0.3, 0.4) is 0 Å². The van der Waals surface area contributed by atoms with Crippen molar-refractivity contribution in [2.75, 3.05) is 0 Å². The number of rotatable bonds is 7. The molecule has 0 saturated carbocycles. The van der Waals surface area contributed by atoms with Crippen LogP contribution in [0.25, 0.3) is 0 Å². The van der Waals surface area contributed by atoms with Gasteiger partial charge in [-0.3, -0.25) is 9.59 Å². The van der Waals surface area contributed by atoms with E-state index in [4.69, 9.17) is 0 Å². The lowest BCUT2D eigenvalue weighted by Crippen LogP contribution is -2.28. The van der Waals surface area contributed by atoms with Gasteiger partial charge >= 0.3 is 0 Å². The minimum atomic E-state index is -0.622. The van der Waals surface area contributed by atoms with Gasteiger partial charge in [-0.2, -0.15) is 0 Å². The Morgan fingerprint density at radius 3 is 1.65 bits per heavy atom. The van der Waals surface area contributed by atoms with Crippen molar-refractivity contribution >= 4 is 52.8 Å². The lowest BCUT2D eigenvalue weighted by atomic mass is 9.73. The molecule has 0 aliphatic heterocycles. The summed E-state index contributed by atoms with van der Waals surface area (Å²) in [6.07, 6.45) is 0.869. The van der Waals surface area contributed by atoms with Gasteiger partial charge in [0.2, 0.25) is 7.58 Å². The highest BCUT2D eigenvalue weighted by atomic mass is 127.